The Morgan fingerprint density at radius 1 is 0.867 bits per heavy atom. The Morgan fingerprint density at radius 2 is 1.63 bits per heavy atom. The van der Waals surface area contributed by atoms with Crippen LogP contribution >= 0.6 is 0 Å². The molecule has 0 saturated carbocycles. The minimum absolute atomic E-state index is 0.0483. The van der Waals surface area contributed by atoms with Crippen molar-refractivity contribution in [3.05, 3.63) is 83.4 Å². The van der Waals surface area contributed by atoms with Crippen LogP contribution in [0.5, 0.6) is 11.5 Å². The molecule has 0 aromatic heterocycles. The third-order valence-electron chi connectivity index (χ3n) is 5.27. The first-order chi connectivity index (χ1) is 14.8. The van der Waals surface area contributed by atoms with Crippen LogP contribution in [-0.4, -0.2) is 42.6 Å². The number of aliphatic hydroxyl groups is 2. The van der Waals surface area contributed by atoms with E-state index in [1.54, 1.807) is 0 Å². The van der Waals surface area contributed by atoms with E-state index >= 15 is 0 Å². The van der Waals surface area contributed by atoms with Gasteiger partial charge >= 0.3 is 0 Å². The van der Waals surface area contributed by atoms with E-state index < -0.39 is 6.10 Å². The summed E-state index contributed by atoms with van der Waals surface area (Å²) in [5, 5.41) is 22.8. The van der Waals surface area contributed by atoms with Gasteiger partial charge in [-0.1, -0.05) is 54.6 Å². The van der Waals surface area contributed by atoms with E-state index in [9.17, 15) is 10.2 Å². The maximum Gasteiger partial charge on any atom is 0.127 e. The number of nitrogens with one attached hydrogen (secondary N) is 1. The van der Waals surface area contributed by atoms with Crippen molar-refractivity contribution >= 4 is 0 Å². The molecule has 0 unspecified atom stereocenters. The van der Waals surface area contributed by atoms with Crippen LogP contribution < -0.4 is 14.8 Å². The van der Waals surface area contributed by atoms with Crippen molar-refractivity contribution < 1.29 is 19.7 Å². The zero-order chi connectivity index (χ0) is 20.8. The highest BCUT2D eigenvalue weighted by Gasteiger charge is 2.21. The van der Waals surface area contributed by atoms with Gasteiger partial charge in [-0.3, -0.25) is 0 Å². The lowest BCUT2D eigenvalue weighted by Crippen LogP contribution is -2.33. The van der Waals surface area contributed by atoms with Crippen molar-refractivity contribution in [1.29, 1.82) is 0 Å². The van der Waals surface area contributed by atoms with Crippen LogP contribution in [0.2, 0.25) is 0 Å². The summed E-state index contributed by atoms with van der Waals surface area (Å²) in [5.74, 6) is 1.50. The molecule has 0 radical (unpaired) electrons. The molecule has 0 spiro atoms. The summed E-state index contributed by atoms with van der Waals surface area (Å²) in [6.07, 6.45) is 0.300. The largest absolute Gasteiger partial charge is 0.492 e. The molecule has 0 fully saturated rings. The van der Waals surface area contributed by atoms with Crippen LogP contribution in [-0.2, 0) is 13.0 Å². The third-order valence-corrected chi connectivity index (χ3v) is 5.27. The number of hydrogen-bond acceptors (Lipinski definition) is 5. The predicted molar refractivity (Wildman–Crippen MR) is 117 cm³/mol. The fourth-order valence-corrected chi connectivity index (χ4v) is 3.80. The minimum atomic E-state index is -0.623. The summed E-state index contributed by atoms with van der Waals surface area (Å²) in [6, 6.07) is 21.9. The second kappa shape index (κ2) is 9.76. The van der Waals surface area contributed by atoms with Gasteiger partial charge in [0.2, 0.25) is 0 Å². The number of hydrogen-bond donors (Lipinski definition) is 3. The summed E-state index contributed by atoms with van der Waals surface area (Å²) in [5.41, 5.74) is 5.71. The van der Waals surface area contributed by atoms with Gasteiger partial charge in [-0.25, -0.2) is 0 Å². The van der Waals surface area contributed by atoms with Crippen LogP contribution in [0.15, 0.2) is 66.7 Å². The van der Waals surface area contributed by atoms with Crippen molar-refractivity contribution in [3.8, 4) is 22.6 Å². The number of fused-ring (bicyclic) bond motifs is 3. The molecule has 1 atom stereocenters. The van der Waals surface area contributed by atoms with Gasteiger partial charge in [0, 0.05) is 24.2 Å². The number of ether oxygens (including phenoxy) is 2. The molecule has 0 amide bonds. The van der Waals surface area contributed by atoms with Crippen molar-refractivity contribution in [2.45, 2.75) is 19.1 Å². The average molecular weight is 405 g/mol. The lowest BCUT2D eigenvalue weighted by atomic mass is 10.1. The van der Waals surface area contributed by atoms with E-state index in [0.29, 0.717) is 25.4 Å². The fraction of sp³-hybridized carbons (Fsp3) is 0.280. The Morgan fingerprint density at radius 3 is 2.53 bits per heavy atom. The van der Waals surface area contributed by atoms with Gasteiger partial charge < -0.3 is 25.0 Å². The molecular weight excluding hydrogens is 378 g/mol. The maximum atomic E-state index is 10.3. The second-order valence-electron chi connectivity index (χ2n) is 7.41. The summed E-state index contributed by atoms with van der Waals surface area (Å²) in [7, 11) is 0. The Labute approximate surface area is 176 Å². The molecule has 5 heteroatoms. The number of para-hydroxylation sites is 1. The van der Waals surface area contributed by atoms with Crippen molar-refractivity contribution in [2.75, 3.05) is 26.3 Å². The first-order valence-electron chi connectivity index (χ1n) is 10.3. The lowest BCUT2D eigenvalue weighted by Gasteiger charge is -2.16. The summed E-state index contributed by atoms with van der Waals surface area (Å²) in [4.78, 5) is 0. The molecule has 1 aliphatic rings. The Hall–Kier alpha value is -2.86. The summed E-state index contributed by atoms with van der Waals surface area (Å²) in [6.45, 7) is 1.63. The quantitative estimate of drug-likeness (QED) is 0.354. The van der Waals surface area contributed by atoms with E-state index in [1.807, 2.05) is 42.5 Å². The Bertz CT molecular complexity index is 988. The molecule has 4 rings (SSSR count). The topological polar surface area (TPSA) is 71.0 Å². The molecule has 5 nitrogen and oxygen atoms in total. The van der Waals surface area contributed by atoms with Gasteiger partial charge in [0.05, 0.1) is 6.61 Å². The maximum absolute atomic E-state index is 10.3. The average Bonchev–Trinajstić information content (AvgIpc) is 3.17. The monoisotopic (exact) mass is 405 g/mol. The van der Waals surface area contributed by atoms with E-state index in [2.05, 4.69) is 29.6 Å². The molecule has 0 heterocycles. The molecule has 3 N–H and O–H groups in total. The summed E-state index contributed by atoms with van der Waals surface area (Å²) < 4.78 is 11.7. The zero-order valence-electron chi connectivity index (χ0n) is 16.9. The van der Waals surface area contributed by atoms with Gasteiger partial charge in [-0.15, -0.1) is 0 Å². The third kappa shape index (κ3) is 4.65. The minimum Gasteiger partial charge on any atom is -0.492 e. The normalized spacial score (nSPS) is 12.9. The van der Waals surface area contributed by atoms with Crippen LogP contribution in [0.3, 0.4) is 0 Å². The van der Waals surface area contributed by atoms with Crippen LogP contribution in [0.4, 0.5) is 0 Å². The molecule has 0 aliphatic heterocycles. The van der Waals surface area contributed by atoms with Gasteiger partial charge in [0.1, 0.15) is 30.8 Å². The van der Waals surface area contributed by atoms with E-state index in [1.165, 1.54) is 16.7 Å². The number of aliphatic hydroxyl groups excluding tert-OH is 2. The SMILES string of the molecule is OCc1ccccc1OCCNC[C@H](O)COc1cccc2c1-c1ccccc1C2. The summed E-state index contributed by atoms with van der Waals surface area (Å²) >= 11 is 0. The predicted octanol–water partition coefficient (Wildman–Crippen LogP) is 3.16. The number of rotatable bonds is 10. The van der Waals surface area contributed by atoms with Gasteiger partial charge in [-0.2, -0.15) is 0 Å². The molecule has 156 valence electrons. The van der Waals surface area contributed by atoms with Crippen molar-refractivity contribution in [3.63, 3.8) is 0 Å². The van der Waals surface area contributed by atoms with Crippen LogP contribution in [0.25, 0.3) is 11.1 Å². The molecular formula is C25H27NO4. The lowest BCUT2D eigenvalue weighted by molar-refractivity contribution is 0.106. The highest BCUT2D eigenvalue weighted by molar-refractivity contribution is 5.81. The fourth-order valence-electron chi connectivity index (χ4n) is 3.80. The van der Waals surface area contributed by atoms with Crippen LogP contribution in [0, 0.1) is 0 Å². The van der Waals surface area contributed by atoms with E-state index in [0.717, 1.165) is 23.3 Å². The molecule has 3 aromatic carbocycles. The zero-order valence-corrected chi connectivity index (χ0v) is 16.9. The van der Waals surface area contributed by atoms with Crippen LogP contribution in [0.1, 0.15) is 16.7 Å². The molecule has 30 heavy (non-hydrogen) atoms. The first-order valence-corrected chi connectivity index (χ1v) is 10.3. The highest BCUT2D eigenvalue weighted by atomic mass is 16.5. The standard InChI is InChI=1S/C25H27NO4/c27-16-20-7-2-4-10-23(20)29-13-12-26-15-21(28)17-30-24-11-5-8-19-14-18-6-1-3-9-22(18)25(19)24/h1-11,21,26-28H,12-17H2/t21-/m0/s1. The van der Waals surface area contributed by atoms with Gasteiger partial charge in [0.25, 0.3) is 0 Å². The molecule has 0 saturated heterocycles. The molecule has 0 bridgehead atoms. The van der Waals surface area contributed by atoms with Gasteiger partial charge in [0.15, 0.2) is 0 Å². The molecule has 3 aromatic rings. The van der Waals surface area contributed by atoms with Gasteiger partial charge in [-0.05, 0) is 35.2 Å². The first kappa shape index (κ1) is 20.4. The second-order valence-corrected chi connectivity index (χ2v) is 7.41. The number of benzene rings is 3. The Kier molecular flexibility index (Phi) is 6.64. The van der Waals surface area contributed by atoms with Crippen molar-refractivity contribution in [2.24, 2.45) is 0 Å². The molecule has 1 aliphatic carbocycles. The van der Waals surface area contributed by atoms with E-state index in [4.69, 9.17) is 9.47 Å². The Balaban J connectivity index is 1.23. The smallest absolute Gasteiger partial charge is 0.127 e. The van der Waals surface area contributed by atoms with Crippen molar-refractivity contribution in [1.82, 2.24) is 5.32 Å². The van der Waals surface area contributed by atoms with E-state index in [-0.39, 0.29) is 13.2 Å². The highest BCUT2D eigenvalue weighted by Crippen LogP contribution is 2.42.